The first kappa shape index (κ1) is 10.5. The Hall–Kier alpha value is -0.610. The standard InChI is InChI=1S/C9H17NO3/c1-6-5-12-8(4-10)3-9(6)13-7(2)11/h6,8-9H,3-5,10H2,1-2H3/t6?,8-,9?/m1/s1. The summed E-state index contributed by atoms with van der Waals surface area (Å²) < 4.78 is 10.6. The molecule has 1 saturated heterocycles. The molecule has 0 radical (unpaired) electrons. The highest BCUT2D eigenvalue weighted by Gasteiger charge is 2.29. The first-order chi connectivity index (χ1) is 6.13. The molecule has 3 atom stereocenters. The van der Waals surface area contributed by atoms with Crippen molar-refractivity contribution in [3.8, 4) is 0 Å². The molecule has 0 bridgehead atoms. The van der Waals surface area contributed by atoms with Crippen molar-refractivity contribution in [3.05, 3.63) is 0 Å². The van der Waals surface area contributed by atoms with Crippen LogP contribution in [0.4, 0.5) is 0 Å². The number of hydrogen-bond acceptors (Lipinski definition) is 4. The summed E-state index contributed by atoms with van der Waals surface area (Å²) >= 11 is 0. The van der Waals surface area contributed by atoms with Crippen LogP contribution >= 0.6 is 0 Å². The van der Waals surface area contributed by atoms with Gasteiger partial charge in [0.15, 0.2) is 0 Å². The third-order valence-corrected chi connectivity index (χ3v) is 2.30. The first-order valence-corrected chi connectivity index (χ1v) is 4.62. The van der Waals surface area contributed by atoms with E-state index in [1.54, 1.807) is 0 Å². The monoisotopic (exact) mass is 187 g/mol. The van der Waals surface area contributed by atoms with Crippen LogP contribution in [0, 0.1) is 5.92 Å². The van der Waals surface area contributed by atoms with Crippen LogP contribution in [0.2, 0.25) is 0 Å². The molecule has 4 nitrogen and oxygen atoms in total. The predicted molar refractivity (Wildman–Crippen MR) is 48.1 cm³/mol. The minimum atomic E-state index is -0.227. The molecule has 0 aliphatic carbocycles. The molecular weight excluding hydrogens is 170 g/mol. The molecule has 1 heterocycles. The van der Waals surface area contributed by atoms with E-state index in [2.05, 4.69) is 0 Å². The second-order valence-corrected chi connectivity index (χ2v) is 3.55. The molecule has 2 N–H and O–H groups in total. The van der Waals surface area contributed by atoms with Gasteiger partial charge in [0.2, 0.25) is 0 Å². The number of carbonyl (C=O) groups excluding carboxylic acids is 1. The second-order valence-electron chi connectivity index (χ2n) is 3.55. The summed E-state index contributed by atoms with van der Waals surface area (Å²) in [4.78, 5) is 10.8. The van der Waals surface area contributed by atoms with Gasteiger partial charge >= 0.3 is 5.97 Å². The lowest BCUT2D eigenvalue weighted by Crippen LogP contribution is -2.41. The Bertz CT molecular complexity index is 184. The molecule has 76 valence electrons. The van der Waals surface area contributed by atoms with Crippen LogP contribution in [0.3, 0.4) is 0 Å². The molecule has 0 aromatic heterocycles. The molecule has 0 spiro atoms. The molecule has 0 aromatic carbocycles. The Balaban J connectivity index is 2.44. The maximum Gasteiger partial charge on any atom is 0.302 e. The van der Waals surface area contributed by atoms with E-state index in [-0.39, 0.29) is 24.1 Å². The average Bonchev–Trinajstić information content (AvgIpc) is 2.08. The van der Waals surface area contributed by atoms with Gasteiger partial charge in [-0.05, 0) is 0 Å². The molecule has 4 heteroatoms. The van der Waals surface area contributed by atoms with Gasteiger partial charge in [-0.15, -0.1) is 0 Å². The van der Waals surface area contributed by atoms with Gasteiger partial charge < -0.3 is 15.2 Å². The highest BCUT2D eigenvalue weighted by molar-refractivity contribution is 5.66. The van der Waals surface area contributed by atoms with E-state index in [4.69, 9.17) is 15.2 Å². The van der Waals surface area contributed by atoms with Crippen molar-refractivity contribution in [3.63, 3.8) is 0 Å². The zero-order chi connectivity index (χ0) is 9.84. The Labute approximate surface area is 78.4 Å². The Kier molecular flexibility index (Phi) is 3.69. The maximum absolute atomic E-state index is 10.8. The lowest BCUT2D eigenvalue weighted by Gasteiger charge is -2.33. The van der Waals surface area contributed by atoms with Crippen LogP contribution in [0.1, 0.15) is 20.3 Å². The average molecular weight is 187 g/mol. The molecule has 2 unspecified atom stereocenters. The summed E-state index contributed by atoms with van der Waals surface area (Å²) in [5.74, 6) is 0.0428. The molecule has 1 aliphatic heterocycles. The summed E-state index contributed by atoms with van der Waals surface area (Å²) in [7, 11) is 0. The molecule has 1 rings (SSSR count). The molecule has 13 heavy (non-hydrogen) atoms. The number of ether oxygens (including phenoxy) is 2. The zero-order valence-corrected chi connectivity index (χ0v) is 8.16. The molecule has 0 aromatic rings. The predicted octanol–water partition coefficient (Wildman–Crippen LogP) is 0.302. The number of rotatable bonds is 2. The fourth-order valence-corrected chi connectivity index (χ4v) is 1.50. The third kappa shape index (κ3) is 2.97. The quantitative estimate of drug-likeness (QED) is 0.632. The topological polar surface area (TPSA) is 61.5 Å². The largest absolute Gasteiger partial charge is 0.462 e. The van der Waals surface area contributed by atoms with Crippen LogP contribution in [-0.2, 0) is 14.3 Å². The van der Waals surface area contributed by atoms with Crippen molar-refractivity contribution in [2.75, 3.05) is 13.2 Å². The molecule has 1 aliphatic rings. The normalized spacial score (nSPS) is 34.2. The van der Waals surface area contributed by atoms with Gasteiger partial charge in [0, 0.05) is 25.8 Å². The third-order valence-electron chi connectivity index (χ3n) is 2.30. The van der Waals surface area contributed by atoms with E-state index in [1.807, 2.05) is 6.92 Å². The van der Waals surface area contributed by atoms with Gasteiger partial charge in [0.1, 0.15) is 6.10 Å². The van der Waals surface area contributed by atoms with Crippen molar-refractivity contribution >= 4 is 5.97 Å². The van der Waals surface area contributed by atoms with Crippen molar-refractivity contribution < 1.29 is 14.3 Å². The molecule has 1 fully saturated rings. The van der Waals surface area contributed by atoms with E-state index >= 15 is 0 Å². The SMILES string of the molecule is CC(=O)OC1C[C@H](CN)OCC1C. The van der Waals surface area contributed by atoms with E-state index in [0.717, 1.165) is 6.42 Å². The lowest BCUT2D eigenvalue weighted by atomic mass is 9.96. The number of nitrogens with two attached hydrogens (primary N) is 1. The number of carbonyl (C=O) groups is 1. The maximum atomic E-state index is 10.8. The summed E-state index contributed by atoms with van der Waals surface area (Å²) in [6.07, 6.45) is 0.734. The molecule has 0 saturated carbocycles. The van der Waals surface area contributed by atoms with E-state index < -0.39 is 0 Å². The summed E-state index contributed by atoms with van der Waals surface area (Å²) in [6.45, 7) is 4.56. The number of hydrogen-bond donors (Lipinski definition) is 1. The first-order valence-electron chi connectivity index (χ1n) is 4.62. The number of esters is 1. The Morgan fingerprint density at radius 1 is 1.69 bits per heavy atom. The van der Waals surface area contributed by atoms with Gasteiger partial charge in [0.05, 0.1) is 12.7 Å². The van der Waals surface area contributed by atoms with Crippen LogP contribution < -0.4 is 5.73 Å². The van der Waals surface area contributed by atoms with Crippen LogP contribution in [-0.4, -0.2) is 31.3 Å². The second kappa shape index (κ2) is 4.58. The van der Waals surface area contributed by atoms with E-state index in [0.29, 0.717) is 13.2 Å². The summed E-state index contributed by atoms with van der Waals surface area (Å²) in [6, 6.07) is 0. The fraction of sp³-hybridized carbons (Fsp3) is 0.889. The van der Waals surface area contributed by atoms with Crippen LogP contribution in [0.25, 0.3) is 0 Å². The van der Waals surface area contributed by atoms with E-state index in [1.165, 1.54) is 6.92 Å². The Morgan fingerprint density at radius 3 is 2.92 bits per heavy atom. The van der Waals surface area contributed by atoms with Gasteiger partial charge in [-0.1, -0.05) is 6.92 Å². The molecule has 0 amide bonds. The Morgan fingerprint density at radius 2 is 2.38 bits per heavy atom. The van der Waals surface area contributed by atoms with E-state index in [9.17, 15) is 4.79 Å². The van der Waals surface area contributed by atoms with Gasteiger partial charge in [-0.2, -0.15) is 0 Å². The highest BCUT2D eigenvalue weighted by atomic mass is 16.6. The fourth-order valence-electron chi connectivity index (χ4n) is 1.50. The van der Waals surface area contributed by atoms with Crippen molar-refractivity contribution in [1.29, 1.82) is 0 Å². The van der Waals surface area contributed by atoms with Crippen molar-refractivity contribution in [2.45, 2.75) is 32.5 Å². The van der Waals surface area contributed by atoms with Gasteiger partial charge in [-0.25, -0.2) is 0 Å². The summed E-state index contributed by atoms with van der Waals surface area (Å²) in [5, 5.41) is 0. The minimum absolute atomic E-state index is 0.0280. The zero-order valence-electron chi connectivity index (χ0n) is 8.16. The van der Waals surface area contributed by atoms with Crippen molar-refractivity contribution in [1.82, 2.24) is 0 Å². The highest BCUT2D eigenvalue weighted by Crippen LogP contribution is 2.21. The van der Waals surface area contributed by atoms with Gasteiger partial charge in [0.25, 0.3) is 0 Å². The summed E-state index contributed by atoms with van der Waals surface area (Å²) in [5.41, 5.74) is 5.48. The van der Waals surface area contributed by atoms with Crippen LogP contribution in [0.15, 0.2) is 0 Å². The van der Waals surface area contributed by atoms with Crippen LogP contribution in [0.5, 0.6) is 0 Å². The molecular formula is C9H17NO3. The van der Waals surface area contributed by atoms with Crippen molar-refractivity contribution in [2.24, 2.45) is 11.7 Å². The smallest absolute Gasteiger partial charge is 0.302 e. The van der Waals surface area contributed by atoms with Gasteiger partial charge in [-0.3, -0.25) is 4.79 Å². The minimum Gasteiger partial charge on any atom is -0.462 e. The lowest BCUT2D eigenvalue weighted by molar-refractivity contribution is -0.159.